The standard InChI is InChI=1S/C24H30N6O3/c1-16-21(6-5-19(28-16)23(32)25-2)30-9-7-29(8-10-30)13-18-11-20-22(12-26-18)33-24(15-31,14-27-20)17-3-4-17/h5-6,11-12,15,17,27H,3-4,7-10,13-14H2,1-2H3,(H,25,32)/t24-/m1/s1. The third-order valence-electron chi connectivity index (χ3n) is 6.86. The first-order valence-electron chi connectivity index (χ1n) is 11.6. The fraction of sp³-hybridized carbons (Fsp3) is 0.500. The Morgan fingerprint density at radius 3 is 2.76 bits per heavy atom. The third kappa shape index (κ3) is 4.25. The van der Waals surface area contributed by atoms with Crippen molar-refractivity contribution in [3.8, 4) is 5.75 Å². The van der Waals surface area contributed by atoms with Crippen molar-refractivity contribution in [3.05, 3.63) is 41.5 Å². The average molecular weight is 451 g/mol. The molecule has 3 aliphatic rings. The van der Waals surface area contributed by atoms with Gasteiger partial charge in [-0.15, -0.1) is 0 Å². The van der Waals surface area contributed by atoms with E-state index in [4.69, 9.17) is 4.74 Å². The van der Waals surface area contributed by atoms with Crippen molar-refractivity contribution in [1.29, 1.82) is 0 Å². The molecule has 1 atom stereocenters. The van der Waals surface area contributed by atoms with Gasteiger partial charge in [0, 0.05) is 45.7 Å². The van der Waals surface area contributed by atoms with Crippen molar-refractivity contribution >= 4 is 23.6 Å². The number of nitrogens with one attached hydrogen (secondary N) is 2. The molecule has 2 aromatic heterocycles. The maximum atomic E-state index is 11.8. The van der Waals surface area contributed by atoms with Crippen molar-refractivity contribution in [2.24, 2.45) is 5.92 Å². The van der Waals surface area contributed by atoms with Crippen LogP contribution in [-0.2, 0) is 11.3 Å². The summed E-state index contributed by atoms with van der Waals surface area (Å²) in [5, 5.41) is 6.01. The second-order valence-electron chi connectivity index (χ2n) is 9.12. The molecule has 0 unspecified atom stereocenters. The van der Waals surface area contributed by atoms with E-state index < -0.39 is 5.60 Å². The number of anilines is 2. The Balaban J connectivity index is 1.19. The minimum Gasteiger partial charge on any atom is -0.474 e. The number of ether oxygens (including phenoxy) is 1. The van der Waals surface area contributed by atoms with E-state index in [1.165, 1.54) is 0 Å². The second-order valence-corrected chi connectivity index (χ2v) is 9.12. The zero-order chi connectivity index (χ0) is 23.0. The van der Waals surface area contributed by atoms with E-state index in [1.54, 1.807) is 19.3 Å². The number of fused-ring (bicyclic) bond motifs is 1. The molecular weight excluding hydrogens is 420 g/mol. The normalized spacial score (nSPS) is 22.7. The van der Waals surface area contributed by atoms with Gasteiger partial charge in [-0.1, -0.05) is 0 Å². The molecule has 0 spiro atoms. The maximum Gasteiger partial charge on any atom is 0.269 e. The van der Waals surface area contributed by atoms with Gasteiger partial charge in [0.15, 0.2) is 17.6 Å². The summed E-state index contributed by atoms with van der Waals surface area (Å²) in [5.41, 5.74) is 3.54. The van der Waals surface area contributed by atoms with Crippen LogP contribution in [0.3, 0.4) is 0 Å². The highest BCUT2D eigenvalue weighted by Gasteiger charge is 2.49. The number of aryl methyl sites for hydroxylation is 1. The summed E-state index contributed by atoms with van der Waals surface area (Å²) in [4.78, 5) is 37.3. The first kappa shape index (κ1) is 21.6. The van der Waals surface area contributed by atoms with Crippen LogP contribution in [0.4, 0.5) is 11.4 Å². The van der Waals surface area contributed by atoms with Crippen LogP contribution in [0.1, 0.15) is 34.7 Å². The molecule has 33 heavy (non-hydrogen) atoms. The number of nitrogens with zero attached hydrogens (tertiary/aromatic N) is 4. The molecule has 0 radical (unpaired) electrons. The quantitative estimate of drug-likeness (QED) is 0.641. The third-order valence-corrected chi connectivity index (χ3v) is 6.86. The van der Waals surface area contributed by atoms with E-state index in [2.05, 4.69) is 30.4 Å². The van der Waals surface area contributed by atoms with Gasteiger partial charge in [-0.3, -0.25) is 19.5 Å². The van der Waals surface area contributed by atoms with Crippen LogP contribution in [0, 0.1) is 12.8 Å². The molecule has 1 saturated heterocycles. The van der Waals surface area contributed by atoms with E-state index >= 15 is 0 Å². The number of rotatable bonds is 6. The molecule has 2 aromatic rings. The molecule has 2 fully saturated rings. The van der Waals surface area contributed by atoms with Gasteiger partial charge in [0.05, 0.1) is 35.5 Å². The molecule has 1 amide bonds. The Labute approximate surface area is 193 Å². The van der Waals surface area contributed by atoms with E-state index in [-0.39, 0.29) is 5.91 Å². The number of piperazine rings is 1. The number of carbonyl (C=O) groups excluding carboxylic acids is 2. The number of carbonyl (C=O) groups is 2. The summed E-state index contributed by atoms with van der Waals surface area (Å²) < 4.78 is 6.10. The van der Waals surface area contributed by atoms with Gasteiger partial charge in [-0.25, -0.2) is 4.98 Å². The van der Waals surface area contributed by atoms with Crippen molar-refractivity contribution in [1.82, 2.24) is 20.2 Å². The van der Waals surface area contributed by atoms with Gasteiger partial charge in [0.2, 0.25) is 0 Å². The van der Waals surface area contributed by atoms with Gasteiger partial charge in [0.1, 0.15) is 5.69 Å². The maximum absolute atomic E-state index is 11.8. The SMILES string of the molecule is CNC(=O)c1ccc(N2CCN(Cc3cc4c(cn3)O[C@](C=O)(C3CC3)CN4)CC2)c(C)n1. The first-order valence-corrected chi connectivity index (χ1v) is 11.6. The molecule has 4 heterocycles. The van der Waals surface area contributed by atoms with Crippen molar-refractivity contribution in [2.75, 3.05) is 50.0 Å². The molecule has 2 aliphatic heterocycles. The Bertz CT molecular complexity index is 1060. The van der Waals surface area contributed by atoms with Gasteiger partial charge >= 0.3 is 0 Å². The van der Waals surface area contributed by atoms with Crippen LogP contribution < -0.4 is 20.3 Å². The van der Waals surface area contributed by atoms with E-state index in [1.807, 2.05) is 19.1 Å². The monoisotopic (exact) mass is 450 g/mol. The predicted octanol–water partition coefficient (Wildman–Crippen LogP) is 1.62. The number of aldehydes is 1. The average Bonchev–Trinajstić information content (AvgIpc) is 3.70. The predicted molar refractivity (Wildman–Crippen MR) is 125 cm³/mol. The van der Waals surface area contributed by atoms with Gasteiger partial charge in [-0.2, -0.15) is 0 Å². The Hall–Kier alpha value is -3.20. The molecule has 174 valence electrons. The lowest BCUT2D eigenvalue weighted by Gasteiger charge is -2.37. The number of pyridine rings is 2. The lowest BCUT2D eigenvalue weighted by Crippen LogP contribution is -2.49. The lowest BCUT2D eigenvalue weighted by molar-refractivity contribution is -0.122. The molecule has 0 aromatic carbocycles. The smallest absolute Gasteiger partial charge is 0.269 e. The van der Waals surface area contributed by atoms with Crippen molar-refractivity contribution in [2.45, 2.75) is 31.9 Å². The van der Waals surface area contributed by atoms with Crippen LogP contribution in [0.5, 0.6) is 5.75 Å². The fourth-order valence-electron chi connectivity index (χ4n) is 4.75. The zero-order valence-corrected chi connectivity index (χ0v) is 19.1. The highest BCUT2D eigenvalue weighted by Crippen LogP contribution is 2.45. The lowest BCUT2D eigenvalue weighted by atomic mass is 9.97. The summed E-state index contributed by atoms with van der Waals surface area (Å²) in [7, 11) is 1.61. The molecule has 9 nitrogen and oxygen atoms in total. The minimum atomic E-state index is -0.738. The van der Waals surface area contributed by atoms with Gasteiger partial charge in [-0.05, 0) is 38.0 Å². The summed E-state index contributed by atoms with van der Waals surface area (Å²) in [6, 6.07) is 5.80. The summed E-state index contributed by atoms with van der Waals surface area (Å²) in [6.45, 7) is 6.82. The highest BCUT2D eigenvalue weighted by molar-refractivity contribution is 5.92. The molecule has 2 N–H and O–H groups in total. The van der Waals surface area contributed by atoms with Crippen LogP contribution in [0.2, 0.25) is 0 Å². The largest absolute Gasteiger partial charge is 0.474 e. The number of aromatic nitrogens is 2. The Morgan fingerprint density at radius 1 is 1.30 bits per heavy atom. The molecule has 1 saturated carbocycles. The molecule has 1 aliphatic carbocycles. The van der Waals surface area contributed by atoms with E-state index in [0.29, 0.717) is 23.9 Å². The summed E-state index contributed by atoms with van der Waals surface area (Å²) in [6.07, 6.45) is 4.79. The topological polar surface area (TPSA) is 99.7 Å². The van der Waals surface area contributed by atoms with Crippen LogP contribution in [-0.4, -0.2) is 72.4 Å². The van der Waals surface area contributed by atoms with Crippen molar-refractivity contribution in [3.63, 3.8) is 0 Å². The Kier molecular flexibility index (Phi) is 5.65. The highest BCUT2D eigenvalue weighted by atomic mass is 16.5. The molecular formula is C24H30N6O3. The minimum absolute atomic E-state index is 0.170. The van der Waals surface area contributed by atoms with Crippen molar-refractivity contribution < 1.29 is 14.3 Å². The summed E-state index contributed by atoms with van der Waals surface area (Å²) >= 11 is 0. The number of hydrogen-bond acceptors (Lipinski definition) is 8. The fourth-order valence-corrected chi connectivity index (χ4v) is 4.75. The summed E-state index contributed by atoms with van der Waals surface area (Å²) in [5.74, 6) is 0.804. The first-order chi connectivity index (χ1) is 16.0. The number of amides is 1. The van der Waals surface area contributed by atoms with E-state index in [0.717, 1.165) is 74.6 Å². The van der Waals surface area contributed by atoms with Gasteiger partial charge in [0.25, 0.3) is 5.91 Å². The zero-order valence-electron chi connectivity index (χ0n) is 19.1. The Morgan fingerprint density at radius 2 is 2.09 bits per heavy atom. The molecule has 9 heteroatoms. The van der Waals surface area contributed by atoms with Gasteiger partial charge < -0.3 is 20.3 Å². The second kappa shape index (κ2) is 8.62. The number of hydrogen-bond donors (Lipinski definition) is 2. The van der Waals surface area contributed by atoms with Crippen LogP contribution >= 0.6 is 0 Å². The van der Waals surface area contributed by atoms with Crippen LogP contribution in [0.25, 0.3) is 0 Å². The van der Waals surface area contributed by atoms with Crippen LogP contribution in [0.15, 0.2) is 24.4 Å². The molecule has 5 rings (SSSR count). The van der Waals surface area contributed by atoms with E-state index in [9.17, 15) is 9.59 Å². The molecule has 0 bridgehead atoms.